The van der Waals surface area contributed by atoms with E-state index < -0.39 is 64.5 Å². The first-order valence-electron chi connectivity index (χ1n) is 11.8. The molecule has 0 heterocycles. The predicted octanol–water partition coefficient (Wildman–Crippen LogP) is 0.779. The molecule has 0 saturated heterocycles. The van der Waals surface area contributed by atoms with Crippen LogP contribution in [0, 0.1) is 11.8 Å². The van der Waals surface area contributed by atoms with E-state index >= 15 is 0 Å². The number of carbonyl (C=O) groups excluding carboxylic acids is 3. The summed E-state index contributed by atoms with van der Waals surface area (Å²) in [6.07, 6.45) is -2.41. The number of nitrogens with zero attached hydrogens (tertiary/aromatic N) is 2. The van der Waals surface area contributed by atoms with Crippen LogP contribution in [0.3, 0.4) is 0 Å². The summed E-state index contributed by atoms with van der Waals surface area (Å²) in [6, 6.07) is 1.87. The van der Waals surface area contributed by atoms with Crippen molar-refractivity contribution in [3.63, 3.8) is 0 Å². The number of likely N-dealkylation sites (N-methyl/N-ethyl adjacent to an activating group) is 1. The lowest BCUT2D eigenvalue weighted by molar-refractivity contribution is -0.163. The zero-order chi connectivity index (χ0) is 28.4. The number of anilines is 1. The van der Waals surface area contributed by atoms with E-state index in [4.69, 9.17) is 15.2 Å². The van der Waals surface area contributed by atoms with Gasteiger partial charge in [-0.25, -0.2) is 4.79 Å². The van der Waals surface area contributed by atoms with Crippen LogP contribution in [0.4, 0.5) is 10.5 Å². The molecule has 0 aliphatic heterocycles. The van der Waals surface area contributed by atoms with E-state index in [1.807, 2.05) is 4.90 Å². The molecule has 0 saturated carbocycles. The third-order valence-electron chi connectivity index (χ3n) is 7.67. The Morgan fingerprint density at radius 1 is 1.16 bits per heavy atom. The van der Waals surface area contributed by atoms with Crippen LogP contribution in [-0.2, 0) is 25.5 Å². The number of rotatable bonds is 4. The molecule has 0 radical (unpaired) electrons. The number of aliphatic hydroxyl groups excluding tert-OH is 2. The molecular weight excluding hydrogens is 498 g/mol. The molecule has 38 heavy (non-hydrogen) atoms. The van der Waals surface area contributed by atoms with E-state index in [-0.39, 0.29) is 28.9 Å². The van der Waals surface area contributed by atoms with Gasteiger partial charge in [0.2, 0.25) is 5.78 Å². The summed E-state index contributed by atoms with van der Waals surface area (Å²) >= 11 is 0. The summed E-state index contributed by atoms with van der Waals surface area (Å²) in [4.78, 5) is 41.5. The molecule has 0 fully saturated rings. The lowest BCUT2D eigenvalue weighted by atomic mass is 9.56. The quantitative estimate of drug-likeness (QED) is 0.274. The highest BCUT2D eigenvalue weighted by molar-refractivity contribution is 6.24. The Hall–Kier alpha value is -4.03. The highest BCUT2D eigenvalue weighted by Gasteiger charge is 2.67. The van der Waals surface area contributed by atoms with Gasteiger partial charge in [-0.1, -0.05) is 6.58 Å². The number of ether oxygens (including phenoxy) is 2. The van der Waals surface area contributed by atoms with Gasteiger partial charge in [0.15, 0.2) is 5.60 Å². The van der Waals surface area contributed by atoms with Crippen molar-refractivity contribution in [1.29, 1.82) is 0 Å². The van der Waals surface area contributed by atoms with Gasteiger partial charge in [-0.05, 0) is 43.8 Å². The molecule has 6 N–H and O–H groups in total. The van der Waals surface area contributed by atoms with Crippen LogP contribution in [0.25, 0.3) is 5.57 Å². The van der Waals surface area contributed by atoms with Crippen molar-refractivity contribution in [2.24, 2.45) is 17.6 Å². The first-order chi connectivity index (χ1) is 17.7. The number of aromatic hydroxyl groups is 1. The minimum absolute atomic E-state index is 0.0348. The molecule has 3 aliphatic rings. The molecule has 3 aliphatic carbocycles. The maximum atomic E-state index is 13.6. The van der Waals surface area contributed by atoms with Crippen molar-refractivity contribution < 1.29 is 44.3 Å². The molecule has 12 heteroatoms. The van der Waals surface area contributed by atoms with Crippen molar-refractivity contribution in [3.05, 3.63) is 52.5 Å². The normalized spacial score (nSPS) is 28.5. The Kier molecular flexibility index (Phi) is 6.44. The van der Waals surface area contributed by atoms with Crippen molar-refractivity contribution in [2.75, 3.05) is 40.2 Å². The number of amides is 1. The third kappa shape index (κ3) is 3.55. The van der Waals surface area contributed by atoms with Crippen molar-refractivity contribution in [1.82, 2.24) is 4.90 Å². The number of phenolic OH excluding ortho intramolecular Hbond substituents is 1. The SMILES string of the molecule is C=C1C2=C(O)[C@]3(O)C(=O)C(C(N)=O)=C(O)[C@@H](N(C)C)[C@@H]3[C@@H](OC(=O)OC)[C@@H]2Cc2c(N(C)C)ccc(O)c21. The number of carbonyl (C=O) groups is 3. The van der Waals surface area contributed by atoms with Gasteiger partial charge in [-0.2, -0.15) is 0 Å². The average Bonchev–Trinajstić information content (AvgIpc) is 2.82. The average molecular weight is 530 g/mol. The van der Waals surface area contributed by atoms with Crippen LogP contribution in [0.5, 0.6) is 5.75 Å². The second-order valence-electron chi connectivity index (χ2n) is 10.1. The van der Waals surface area contributed by atoms with Gasteiger partial charge in [0.05, 0.1) is 19.1 Å². The van der Waals surface area contributed by atoms with Gasteiger partial charge in [-0.3, -0.25) is 14.5 Å². The van der Waals surface area contributed by atoms with Gasteiger partial charge < -0.3 is 40.5 Å². The first-order valence-corrected chi connectivity index (χ1v) is 11.8. The molecule has 0 bridgehead atoms. The summed E-state index contributed by atoms with van der Waals surface area (Å²) in [5.41, 5.74) is 3.36. The van der Waals surface area contributed by atoms with E-state index in [2.05, 4.69) is 6.58 Å². The molecule has 1 amide bonds. The largest absolute Gasteiger partial charge is 0.510 e. The van der Waals surface area contributed by atoms with E-state index in [9.17, 15) is 34.8 Å². The fraction of sp³-hybridized carbons (Fsp3) is 0.423. The number of primary amides is 1. The molecule has 0 spiro atoms. The Bertz CT molecular complexity index is 1330. The first kappa shape index (κ1) is 27.0. The number of hydrogen-bond acceptors (Lipinski definition) is 11. The third-order valence-corrected chi connectivity index (χ3v) is 7.67. The second kappa shape index (κ2) is 9.07. The van der Waals surface area contributed by atoms with Crippen LogP contribution in [0.1, 0.15) is 11.1 Å². The molecule has 4 rings (SSSR count). The van der Waals surface area contributed by atoms with Crippen LogP contribution < -0.4 is 10.6 Å². The standard InChI is InChI=1S/C26H31N3O9/c1-10-15-11(13(28(2)3)7-8-14(15)30)9-12-16(10)22(32)26(36)18(21(12)38-25(35)37-6)19(29(4)5)20(31)17(23(26)33)24(27)34/h7-8,12,18-19,21,30-32,36H,1,9H2,2-6H3,(H2,27,34)/t12-,18-,19+,21+,26+/m1/s1. The number of aliphatic hydroxyl groups is 3. The molecule has 204 valence electrons. The number of benzene rings is 1. The summed E-state index contributed by atoms with van der Waals surface area (Å²) in [5, 5.41) is 45.3. The Labute approximate surface area is 218 Å². The fourth-order valence-corrected chi connectivity index (χ4v) is 6.13. The molecule has 12 nitrogen and oxygen atoms in total. The van der Waals surface area contributed by atoms with E-state index in [0.717, 1.165) is 12.8 Å². The summed E-state index contributed by atoms with van der Waals surface area (Å²) in [6.45, 7) is 4.05. The number of Topliss-reactive ketones (excluding diaryl/α,β-unsaturated/α-hetero) is 1. The van der Waals surface area contributed by atoms with Crippen LogP contribution in [0.15, 0.2) is 41.4 Å². The Balaban J connectivity index is 2.09. The predicted molar refractivity (Wildman–Crippen MR) is 135 cm³/mol. The number of allylic oxidation sites excluding steroid dienone is 1. The lowest BCUT2D eigenvalue weighted by Gasteiger charge is -2.53. The molecule has 5 atom stereocenters. The summed E-state index contributed by atoms with van der Waals surface area (Å²) in [5.74, 6) is -6.74. The summed E-state index contributed by atoms with van der Waals surface area (Å²) < 4.78 is 10.4. The van der Waals surface area contributed by atoms with Crippen LogP contribution >= 0.6 is 0 Å². The van der Waals surface area contributed by atoms with Gasteiger partial charge in [0.1, 0.15) is 28.9 Å². The lowest BCUT2D eigenvalue weighted by Crippen LogP contribution is -2.68. The van der Waals surface area contributed by atoms with Crippen LogP contribution in [-0.4, -0.2) is 96.2 Å². The number of methoxy groups -OCH3 is 1. The molecule has 0 unspecified atom stereocenters. The number of nitrogens with two attached hydrogens (primary N) is 1. The number of ketones is 1. The smallest absolute Gasteiger partial charge is 0.508 e. The minimum Gasteiger partial charge on any atom is -0.510 e. The molecule has 0 aromatic heterocycles. The van der Waals surface area contributed by atoms with E-state index in [1.54, 1.807) is 20.2 Å². The van der Waals surface area contributed by atoms with Crippen LogP contribution in [0.2, 0.25) is 0 Å². The maximum absolute atomic E-state index is 13.6. The summed E-state index contributed by atoms with van der Waals surface area (Å²) in [7, 11) is 7.71. The Morgan fingerprint density at radius 3 is 2.32 bits per heavy atom. The van der Waals surface area contributed by atoms with E-state index in [0.29, 0.717) is 5.56 Å². The second-order valence-corrected chi connectivity index (χ2v) is 10.1. The molecule has 1 aromatic carbocycles. The maximum Gasteiger partial charge on any atom is 0.508 e. The zero-order valence-electron chi connectivity index (χ0n) is 21.7. The van der Waals surface area contributed by atoms with Gasteiger partial charge >= 0.3 is 6.16 Å². The fourth-order valence-electron chi connectivity index (χ4n) is 6.13. The number of fused-ring (bicyclic) bond motifs is 3. The van der Waals surface area contributed by atoms with Crippen molar-refractivity contribution in [3.8, 4) is 5.75 Å². The minimum atomic E-state index is -2.84. The van der Waals surface area contributed by atoms with E-state index in [1.165, 1.54) is 25.1 Å². The van der Waals surface area contributed by atoms with Gasteiger partial charge in [-0.15, -0.1) is 0 Å². The number of hydrogen-bond donors (Lipinski definition) is 5. The van der Waals surface area contributed by atoms with Gasteiger partial charge in [0, 0.05) is 36.8 Å². The topological polar surface area (TPSA) is 183 Å². The molecular formula is C26H31N3O9. The van der Waals surface area contributed by atoms with Crippen molar-refractivity contribution >= 4 is 29.1 Å². The van der Waals surface area contributed by atoms with Crippen molar-refractivity contribution in [2.45, 2.75) is 24.2 Å². The van der Waals surface area contributed by atoms with Gasteiger partial charge in [0.25, 0.3) is 5.91 Å². The monoisotopic (exact) mass is 529 g/mol. The molecule has 1 aromatic rings. The highest BCUT2D eigenvalue weighted by Crippen LogP contribution is 2.56. The Morgan fingerprint density at radius 2 is 1.79 bits per heavy atom. The number of phenols is 1. The highest BCUT2D eigenvalue weighted by atomic mass is 16.7. The zero-order valence-corrected chi connectivity index (χ0v) is 21.7.